The summed E-state index contributed by atoms with van der Waals surface area (Å²) in [6, 6.07) is 1.67. The van der Waals surface area contributed by atoms with Crippen LogP contribution in [0.2, 0.25) is 0 Å². The van der Waals surface area contributed by atoms with Crippen LogP contribution in [0.25, 0.3) is 0 Å². The molecule has 2 rings (SSSR count). The van der Waals surface area contributed by atoms with Gasteiger partial charge in [0, 0.05) is 35.3 Å². The fraction of sp³-hybridized carbons (Fsp3) is 0.400. The van der Waals surface area contributed by atoms with Crippen molar-refractivity contribution in [3.8, 4) is 0 Å². The number of rotatable bonds is 2. The van der Waals surface area contributed by atoms with E-state index in [9.17, 15) is 4.79 Å². The zero-order chi connectivity index (χ0) is 10.7. The van der Waals surface area contributed by atoms with E-state index in [0.717, 1.165) is 17.3 Å². The van der Waals surface area contributed by atoms with Crippen LogP contribution in [0.3, 0.4) is 0 Å². The summed E-state index contributed by atoms with van der Waals surface area (Å²) in [6.07, 6.45) is 3.17. The lowest BCUT2D eigenvalue weighted by Crippen LogP contribution is -2.25. The van der Waals surface area contributed by atoms with Crippen LogP contribution in [0.4, 0.5) is 5.69 Å². The highest BCUT2D eigenvalue weighted by Crippen LogP contribution is 2.27. The van der Waals surface area contributed by atoms with Crippen LogP contribution in [-0.2, 0) is 0 Å². The Labute approximate surface area is 97.2 Å². The maximum absolute atomic E-state index is 12.1. The molecule has 1 saturated heterocycles. The molecule has 15 heavy (non-hydrogen) atoms. The van der Waals surface area contributed by atoms with Gasteiger partial charge >= 0.3 is 0 Å². The number of hydrogen-bond donors (Lipinski definition) is 1. The van der Waals surface area contributed by atoms with Gasteiger partial charge in [0.25, 0.3) is 0 Å². The average Bonchev–Trinajstić information content (AvgIpc) is 2.30. The minimum absolute atomic E-state index is 0.0512. The van der Waals surface area contributed by atoms with Crippen molar-refractivity contribution < 1.29 is 4.79 Å². The molecule has 1 unspecified atom stereocenters. The quantitative estimate of drug-likeness (QED) is 0.797. The zero-order valence-electron chi connectivity index (χ0n) is 8.18. The summed E-state index contributed by atoms with van der Waals surface area (Å²) in [5.41, 5.74) is 6.85. The summed E-state index contributed by atoms with van der Waals surface area (Å²) < 4.78 is 0. The zero-order valence-corrected chi connectivity index (χ0v) is 9.81. The molecule has 1 aliphatic heterocycles. The number of hydrogen-bond acceptors (Lipinski definition) is 5. The van der Waals surface area contributed by atoms with Crippen LogP contribution < -0.4 is 5.73 Å². The average molecular weight is 240 g/mol. The second kappa shape index (κ2) is 4.90. The van der Waals surface area contributed by atoms with E-state index < -0.39 is 0 Å². The van der Waals surface area contributed by atoms with Gasteiger partial charge in [0.1, 0.15) is 0 Å². The third kappa shape index (κ3) is 2.46. The maximum atomic E-state index is 12.1. The predicted octanol–water partition coefficient (Wildman–Crippen LogP) is 1.70. The molecule has 0 radical (unpaired) electrons. The molecule has 0 aromatic carbocycles. The molecule has 1 aromatic rings. The molecule has 3 nitrogen and oxygen atoms in total. The van der Waals surface area contributed by atoms with Gasteiger partial charge in [-0.05, 0) is 6.07 Å². The van der Waals surface area contributed by atoms with Crippen LogP contribution in [-0.4, -0.2) is 33.3 Å². The highest BCUT2D eigenvalue weighted by Gasteiger charge is 2.24. The molecule has 0 spiro atoms. The van der Waals surface area contributed by atoms with E-state index in [-0.39, 0.29) is 11.0 Å². The van der Waals surface area contributed by atoms with Gasteiger partial charge in [-0.15, -0.1) is 11.8 Å². The van der Waals surface area contributed by atoms with Crippen molar-refractivity contribution in [2.45, 2.75) is 5.25 Å². The normalized spacial score (nSPS) is 21.2. The van der Waals surface area contributed by atoms with Crippen molar-refractivity contribution in [2.24, 2.45) is 0 Å². The Morgan fingerprint density at radius 1 is 1.53 bits per heavy atom. The van der Waals surface area contributed by atoms with E-state index in [1.807, 2.05) is 11.8 Å². The van der Waals surface area contributed by atoms with Crippen LogP contribution in [0.15, 0.2) is 18.5 Å². The first-order valence-electron chi connectivity index (χ1n) is 4.72. The van der Waals surface area contributed by atoms with Gasteiger partial charge in [-0.1, -0.05) is 0 Å². The van der Waals surface area contributed by atoms with Gasteiger partial charge < -0.3 is 5.73 Å². The lowest BCUT2D eigenvalue weighted by Gasteiger charge is -2.19. The van der Waals surface area contributed by atoms with Gasteiger partial charge in [0.05, 0.1) is 10.8 Å². The van der Waals surface area contributed by atoms with Crippen molar-refractivity contribution in [3.05, 3.63) is 24.0 Å². The van der Waals surface area contributed by atoms with Crippen molar-refractivity contribution in [1.82, 2.24) is 4.98 Å². The summed E-state index contributed by atoms with van der Waals surface area (Å²) in [5, 5.41) is 0.0512. The molecule has 2 heterocycles. The van der Waals surface area contributed by atoms with E-state index in [1.165, 1.54) is 0 Å². The largest absolute Gasteiger partial charge is 0.398 e. The summed E-state index contributed by atoms with van der Waals surface area (Å²) in [4.78, 5) is 16.0. The molecule has 1 atom stereocenters. The number of ketones is 1. The van der Waals surface area contributed by atoms with Gasteiger partial charge in [-0.2, -0.15) is 11.8 Å². The first kappa shape index (κ1) is 10.8. The number of carbonyl (C=O) groups excluding carboxylic acids is 1. The molecule has 1 aromatic heterocycles. The van der Waals surface area contributed by atoms with Crippen LogP contribution in [0.1, 0.15) is 10.4 Å². The maximum Gasteiger partial charge on any atom is 0.180 e. The lowest BCUT2D eigenvalue weighted by molar-refractivity contribution is 0.0995. The first-order valence-corrected chi connectivity index (χ1v) is 6.92. The Bertz CT molecular complexity index is 364. The number of aromatic nitrogens is 1. The molecule has 80 valence electrons. The topological polar surface area (TPSA) is 56.0 Å². The molecular weight excluding hydrogens is 228 g/mol. The fourth-order valence-corrected chi connectivity index (χ4v) is 4.05. The second-order valence-electron chi connectivity index (χ2n) is 3.26. The molecule has 0 amide bonds. The fourth-order valence-electron chi connectivity index (χ4n) is 1.42. The van der Waals surface area contributed by atoms with Crippen LogP contribution in [0, 0.1) is 0 Å². The van der Waals surface area contributed by atoms with Crippen molar-refractivity contribution >= 4 is 35.0 Å². The number of thioether (sulfide) groups is 2. The van der Waals surface area contributed by atoms with Gasteiger partial charge in [0.2, 0.25) is 0 Å². The predicted molar refractivity (Wildman–Crippen MR) is 66.6 cm³/mol. The summed E-state index contributed by atoms with van der Waals surface area (Å²) in [5.74, 6) is 3.19. The van der Waals surface area contributed by atoms with E-state index in [1.54, 1.807) is 30.2 Å². The number of Topliss-reactive ketones (excluding diaryl/α,β-unsaturated/α-hetero) is 1. The third-order valence-electron chi connectivity index (χ3n) is 2.23. The number of pyridine rings is 1. The number of carbonyl (C=O) groups is 1. The Hall–Kier alpha value is -0.680. The van der Waals surface area contributed by atoms with Gasteiger partial charge in [0.15, 0.2) is 5.78 Å². The minimum Gasteiger partial charge on any atom is -0.398 e. The summed E-state index contributed by atoms with van der Waals surface area (Å²) in [6.45, 7) is 0. The van der Waals surface area contributed by atoms with E-state index in [2.05, 4.69) is 4.98 Å². The number of nitrogen functional groups attached to an aromatic ring is 1. The molecule has 1 fully saturated rings. The first-order chi connectivity index (χ1) is 7.29. The Morgan fingerprint density at radius 2 is 2.40 bits per heavy atom. The molecule has 0 bridgehead atoms. The van der Waals surface area contributed by atoms with E-state index in [0.29, 0.717) is 11.3 Å². The molecule has 2 N–H and O–H groups in total. The monoisotopic (exact) mass is 240 g/mol. The van der Waals surface area contributed by atoms with Crippen molar-refractivity contribution in [2.75, 3.05) is 23.0 Å². The smallest absolute Gasteiger partial charge is 0.180 e. The number of nitrogens with zero attached hydrogens (tertiary/aromatic N) is 1. The summed E-state index contributed by atoms with van der Waals surface area (Å²) >= 11 is 3.55. The minimum atomic E-state index is 0.0512. The molecular formula is C10H12N2OS2. The number of nitrogens with two attached hydrogens (primary N) is 1. The van der Waals surface area contributed by atoms with Crippen molar-refractivity contribution in [1.29, 1.82) is 0 Å². The second-order valence-corrected chi connectivity index (χ2v) is 5.72. The highest BCUT2D eigenvalue weighted by atomic mass is 32.2. The Kier molecular flexibility index (Phi) is 3.53. The van der Waals surface area contributed by atoms with E-state index in [4.69, 9.17) is 5.73 Å². The Balaban J connectivity index is 2.16. The van der Waals surface area contributed by atoms with Gasteiger partial charge in [-0.25, -0.2) is 0 Å². The van der Waals surface area contributed by atoms with Crippen LogP contribution >= 0.6 is 23.5 Å². The van der Waals surface area contributed by atoms with Crippen LogP contribution in [0.5, 0.6) is 0 Å². The Morgan fingerprint density at radius 3 is 3.07 bits per heavy atom. The molecule has 5 heteroatoms. The highest BCUT2D eigenvalue weighted by molar-refractivity contribution is 8.07. The molecule has 0 aliphatic carbocycles. The SMILES string of the molecule is Nc1ccncc1C(=O)C1CSCCS1. The van der Waals surface area contributed by atoms with E-state index >= 15 is 0 Å². The standard InChI is InChI=1S/C10H12N2OS2/c11-8-1-2-12-5-7(8)10(13)9-6-14-3-4-15-9/h1-2,5,9H,3-4,6H2,(H2,11,12). The lowest BCUT2D eigenvalue weighted by atomic mass is 10.1. The third-order valence-corrected chi connectivity index (χ3v) is 4.98. The molecule has 0 saturated carbocycles. The molecule has 1 aliphatic rings. The number of anilines is 1. The van der Waals surface area contributed by atoms with Crippen molar-refractivity contribution in [3.63, 3.8) is 0 Å². The van der Waals surface area contributed by atoms with Gasteiger partial charge in [-0.3, -0.25) is 9.78 Å². The summed E-state index contributed by atoms with van der Waals surface area (Å²) in [7, 11) is 0.